The summed E-state index contributed by atoms with van der Waals surface area (Å²) < 4.78 is 1.76. The zero-order valence-electron chi connectivity index (χ0n) is 16.0. The van der Waals surface area contributed by atoms with Crippen molar-refractivity contribution in [3.05, 3.63) is 77.9 Å². The lowest BCUT2D eigenvalue weighted by Gasteiger charge is -2.24. The van der Waals surface area contributed by atoms with Crippen LogP contribution >= 0.6 is 0 Å². The Morgan fingerprint density at radius 3 is 2.72 bits per heavy atom. The minimum Gasteiger partial charge on any atom is -0.352 e. The minimum absolute atomic E-state index is 0.000490. The third kappa shape index (κ3) is 4.87. The number of carbonyl (C=O) groups is 2. The van der Waals surface area contributed by atoms with Gasteiger partial charge in [0.15, 0.2) is 0 Å². The largest absolute Gasteiger partial charge is 0.352 e. The van der Waals surface area contributed by atoms with Crippen LogP contribution in [0.5, 0.6) is 0 Å². The van der Waals surface area contributed by atoms with Crippen molar-refractivity contribution >= 4 is 17.5 Å². The van der Waals surface area contributed by atoms with Gasteiger partial charge in [0.1, 0.15) is 12.7 Å². The number of hydrogen-bond donors (Lipinski definition) is 2. The van der Waals surface area contributed by atoms with Crippen molar-refractivity contribution in [1.82, 2.24) is 20.1 Å². The molecule has 0 bridgehead atoms. The number of hydrogen-bond acceptors (Lipinski definition) is 4. The molecular weight excluding hydrogens is 366 g/mol. The molecule has 2 heterocycles. The summed E-state index contributed by atoms with van der Waals surface area (Å²) in [6.07, 6.45) is 4.76. The number of benzene rings is 2. The lowest BCUT2D eigenvalue weighted by molar-refractivity contribution is -0.122. The second-order valence-corrected chi connectivity index (χ2v) is 7.27. The average Bonchev–Trinajstić information content (AvgIpc) is 3.25. The number of amides is 2. The van der Waals surface area contributed by atoms with Crippen LogP contribution in [0.2, 0.25) is 0 Å². The SMILES string of the molecule is O=C(CC[C@@H]1Cc2ccccc2NC1=O)NCc1ccc(Cn2cncn2)cc1. The highest BCUT2D eigenvalue weighted by Crippen LogP contribution is 2.27. The Bertz CT molecular complexity index is 983. The van der Waals surface area contributed by atoms with Crippen LogP contribution in [0.3, 0.4) is 0 Å². The fraction of sp³-hybridized carbons (Fsp3) is 0.273. The zero-order chi connectivity index (χ0) is 20.1. The van der Waals surface area contributed by atoms with E-state index in [-0.39, 0.29) is 17.7 Å². The van der Waals surface area contributed by atoms with Gasteiger partial charge in [-0.15, -0.1) is 0 Å². The number of rotatable bonds is 7. The second kappa shape index (κ2) is 8.68. The molecule has 29 heavy (non-hydrogen) atoms. The highest BCUT2D eigenvalue weighted by atomic mass is 16.2. The average molecular weight is 389 g/mol. The van der Waals surface area contributed by atoms with E-state index >= 15 is 0 Å². The van der Waals surface area contributed by atoms with Gasteiger partial charge in [-0.05, 0) is 35.6 Å². The van der Waals surface area contributed by atoms with Crippen LogP contribution in [-0.2, 0) is 29.1 Å². The third-order valence-electron chi connectivity index (χ3n) is 5.16. The van der Waals surface area contributed by atoms with E-state index in [1.165, 1.54) is 6.33 Å². The highest BCUT2D eigenvalue weighted by molar-refractivity contribution is 5.96. The van der Waals surface area contributed by atoms with E-state index in [0.29, 0.717) is 32.4 Å². The van der Waals surface area contributed by atoms with Gasteiger partial charge in [0.2, 0.25) is 11.8 Å². The molecule has 0 saturated heterocycles. The van der Waals surface area contributed by atoms with Crippen molar-refractivity contribution in [2.75, 3.05) is 5.32 Å². The second-order valence-electron chi connectivity index (χ2n) is 7.27. The summed E-state index contributed by atoms with van der Waals surface area (Å²) in [6, 6.07) is 15.9. The fourth-order valence-corrected chi connectivity index (χ4v) is 3.50. The topological polar surface area (TPSA) is 88.9 Å². The molecule has 1 aliphatic rings. The van der Waals surface area contributed by atoms with Crippen molar-refractivity contribution in [3.8, 4) is 0 Å². The number of aromatic nitrogens is 3. The van der Waals surface area contributed by atoms with Crippen molar-refractivity contribution in [2.45, 2.75) is 32.4 Å². The Morgan fingerprint density at radius 1 is 1.14 bits per heavy atom. The Balaban J connectivity index is 1.23. The first kappa shape index (κ1) is 18.9. The van der Waals surface area contributed by atoms with Crippen LogP contribution in [0.25, 0.3) is 0 Å². The maximum absolute atomic E-state index is 12.2. The Kier molecular flexibility index (Phi) is 5.65. The van der Waals surface area contributed by atoms with Crippen LogP contribution in [-0.4, -0.2) is 26.6 Å². The van der Waals surface area contributed by atoms with Crippen LogP contribution < -0.4 is 10.6 Å². The highest BCUT2D eigenvalue weighted by Gasteiger charge is 2.26. The smallest absolute Gasteiger partial charge is 0.227 e. The van der Waals surface area contributed by atoms with Gasteiger partial charge in [0.25, 0.3) is 0 Å². The molecule has 0 saturated carbocycles. The Morgan fingerprint density at radius 2 is 1.93 bits per heavy atom. The van der Waals surface area contributed by atoms with Crippen LogP contribution in [0.1, 0.15) is 29.5 Å². The number of carbonyl (C=O) groups excluding carboxylic acids is 2. The molecule has 2 amide bonds. The molecule has 0 unspecified atom stereocenters. The lowest BCUT2D eigenvalue weighted by Crippen LogP contribution is -2.31. The molecule has 0 fully saturated rings. The Labute approximate surface area is 169 Å². The summed E-state index contributed by atoms with van der Waals surface area (Å²) >= 11 is 0. The maximum atomic E-state index is 12.2. The molecule has 2 N–H and O–H groups in total. The molecule has 0 aliphatic carbocycles. The number of para-hydroxylation sites is 1. The van der Waals surface area contributed by atoms with E-state index in [2.05, 4.69) is 20.7 Å². The Hall–Kier alpha value is -3.48. The third-order valence-corrected chi connectivity index (χ3v) is 5.16. The van der Waals surface area contributed by atoms with Gasteiger partial charge in [-0.2, -0.15) is 5.10 Å². The first-order chi connectivity index (χ1) is 14.2. The van der Waals surface area contributed by atoms with Gasteiger partial charge in [-0.25, -0.2) is 9.67 Å². The van der Waals surface area contributed by atoms with E-state index in [0.717, 1.165) is 22.4 Å². The number of nitrogens with zero attached hydrogens (tertiary/aromatic N) is 3. The number of fused-ring (bicyclic) bond motifs is 1. The van der Waals surface area contributed by atoms with Gasteiger partial charge < -0.3 is 10.6 Å². The molecule has 7 heteroatoms. The molecule has 0 spiro atoms. The molecule has 1 aliphatic heterocycles. The van der Waals surface area contributed by atoms with Crippen molar-refractivity contribution in [3.63, 3.8) is 0 Å². The van der Waals surface area contributed by atoms with Crippen molar-refractivity contribution < 1.29 is 9.59 Å². The zero-order valence-corrected chi connectivity index (χ0v) is 16.0. The van der Waals surface area contributed by atoms with Gasteiger partial charge in [-0.3, -0.25) is 9.59 Å². The summed E-state index contributed by atoms with van der Waals surface area (Å²) in [5.41, 5.74) is 4.16. The molecule has 148 valence electrons. The van der Waals surface area contributed by atoms with Gasteiger partial charge in [0, 0.05) is 24.6 Å². The van der Waals surface area contributed by atoms with Crippen LogP contribution in [0.15, 0.2) is 61.2 Å². The van der Waals surface area contributed by atoms with Gasteiger partial charge in [0.05, 0.1) is 6.54 Å². The monoisotopic (exact) mass is 389 g/mol. The molecule has 2 aromatic carbocycles. The van der Waals surface area contributed by atoms with E-state index < -0.39 is 0 Å². The molecule has 1 aromatic heterocycles. The maximum Gasteiger partial charge on any atom is 0.227 e. The first-order valence-corrected chi connectivity index (χ1v) is 9.73. The summed E-state index contributed by atoms with van der Waals surface area (Å²) in [7, 11) is 0. The van der Waals surface area contributed by atoms with E-state index in [9.17, 15) is 9.59 Å². The summed E-state index contributed by atoms with van der Waals surface area (Å²) in [5, 5.41) is 9.96. The summed E-state index contributed by atoms with van der Waals surface area (Å²) in [4.78, 5) is 28.4. The lowest BCUT2D eigenvalue weighted by atomic mass is 9.89. The summed E-state index contributed by atoms with van der Waals surface area (Å²) in [6.45, 7) is 1.14. The fourth-order valence-electron chi connectivity index (χ4n) is 3.50. The first-order valence-electron chi connectivity index (χ1n) is 9.73. The van der Waals surface area contributed by atoms with Gasteiger partial charge >= 0.3 is 0 Å². The molecule has 1 atom stereocenters. The molecule has 3 aromatic rings. The molecule has 7 nitrogen and oxygen atoms in total. The molecule has 4 rings (SSSR count). The molecular formula is C22H23N5O2. The van der Waals surface area contributed by atoms with E-state index in [4.69, 9.17) is 0 Å². The number of nitrogens with one attached hydrogen (secondary N) is 2. The van der Waals surface area contributed by atoms with Gasteiger partial charge in [-0.1, -0.05) is 42.5 Å². The predicted molar refractivity (Wildman–Crippen MR) is 109 cm³/mol. The van der Waals surface area contributed by atoms with Crippen molar-refractivity contribution in [2.24, 2.45) is 5.92 Å². The standard InChI is InChI=1S/C22H23N5O2/c28-21(10-9-19-11-18-3-1-2-4-20(18)26-22(19)29)24-12-16-5-7-17(8-6-16)13-27-15-23-14-25-27/h1-8,14-15,19H,9-13H2,(H,24,28)(H,26,29)/t19-/m1/s1. The van der Waals surface area contributed by atoms with E-state index in [1.807, 2.05) is 48.5 Å². The quantitative estimate of drug-likeness (QED) is 0.650. The molecule has 0 radical (unpaired) electrons. The van der Waals surface area contributed by atoms with E-state index in [1.54, 1.807) is 11.0 Å². The number of anilines is 1. The summed E-state index contributed by atoms with van der Waals surface area (Å²) in [5.74, 6) is -0.199. The van der Waals surface area contributed by atoms with Crippen LogP contribution in [0, 0.1) is 5.92 Å². The predicted octanol–water partition coefficient (Wildman–Crippen LogP) is 2.53. The minimum atomic E-state index is -0.160. The van der Waals surface area contributed by atoms with Crippen molar-refractivity contribution in [1.29, 1.82) is 0 Å². The van der Waals surface area contributed by atoms with Crippen LogP contribution in [0.4, 0.5) is 5.69 Å². The normalized spacial score (nSPS) is 15.4.